The number of aryl methyl sites for hydroxylation is 1. The Labute approximate surface area is 139 Å². The normalized spacial score (nSPS) is 13.2. The van der Waals surface area contributed by atoms with Crippen LogP contribution < -0.4 is 0 Å². The average molecular weight is 342 g/mol. The van der Waals surface area contributed by atoms with Gasteiger partial charge in [0.05, 0.1) is 12.9 Å². The van der Waals surface area contributed by atoms with Gasteiger partial charge in [-0.3, -0.25) is 9.13 Å². The molecule has 0 bridgehead atoms. The first-order chi connectivity index (χ1) is 8.03. The van der Waals surface area contributed by atoms with E-state index in [1.165, 1.54) is 6.20 Å². The molecular formula is C7H16CaN2O7P2. The molecule has 0 fully saturated rings. The maximum absolute atomic E-state index is 11.1. The van der Waals surface area contributed by atoms with Gasteiger partial charge < -0.3 is 29.2 Å². The first kappa shape index (κ1) is 19.7. The quantitative estimate of drug-likeness (QED) is 0.321. The second-order valence-corrected chi connectivity index (χ2v) is 7.74. The second kappa shape index (κ2) is 6.66. The van der Waals surface area contributed by atoms with E-state index >= 15 is 0 Å². The molecule has 0 aliphatic rings. The standard InChI is InChI=1S/C7H14N2O7P2.Ca.2H/c1-2-6-3-8-5-9(6)4-7(10,17(11,12)13)18(14,15)16;;;/h3,5,10H,2,4H2,1H3,(H2,11,12,13)(H2,14,15,16);;;. The second-order valence-electron chi connectivity index (χ2n) is 3.73. The Kier molecular flexibility index (Phi) is 6.92. The van der Waals surface area contributed by atoms with Gasteiger partial charge in [0, 0.05) is 11.9 Å². The van der Waals surface area contributed by atoms with E-state index in [9.17, 15) is 14.2 Å². The Morgan fingerprint density at radius 2 is 1.74 bits per heavy atom. The first-order valence-corrected chi connectivity index (χ1v) is 8.08. The molecule has 108 valence electrons. The molecule has 1 rings (SSSR count). The summed E-state index contributed by atoms with van der Waals surface area (Å²) in [6.07, 6.45) is 2.94. The summed E-state index contributed by atoms with van der Waals surface area (Å²) in [5.41, 5.74) is 0.482. The van der Waals surface area contributed by atoms with Crippen molar-refractivity contribution >= 4 is 52.9 Å². The van der Waals surface area contributed by atoms with E-state index < -0.39 is 26.8 Å². The molecule has 1 aromatic rings. The van der Waals surface area contributed by atoms with Crippen LogP contribution in [0.25, 0.3) is 0 Å². The van der Waals surface area contributed by atoms with Crippen molar-refractivity contribution in [3.8, 4) is 0 Å². The van der Waals surface area contributed by atoms with Crippen LogP contribution in [0.1, 0.15) is 12.6 Å². The predicted molar refractivity (Wildman–Crippen MR) is 69.2 cm³/mol. The molecule has 0 saturated carbocycles. The molecule has 0 atom stereocenters. The van der Waals surface area contributed by atoms with Crippen LogP contribution >= 0.6 is 15.2 Å². The van der Waals surface area contributed by atoms with Gasteiger partial charge in [0.2, 0.25) is 0 Å². The van der Waals surface area contributed by atoms with Crippen LogP contribution in [0.5, 0.6) is 0 Å². The monoisotopic (exact) mass is 342 g/mol. The zero-order valence-electron chi connectivity index (χ0n) is 9.41. The van der Waals surface area contributed by atoms with E-state index in [4.69, 9.17) is 19.6 Å². The summed E-state index contributed by atoms with van der Waals surface area (Å²) in [7, 11) is -10.9. The van der Waals surface area contributed by atoms with E-state index in [2.05, 4.69) is 4.98 Å². The summed E-state index contributed by atoms with van der Waals surface area (Å²) in [6, 6.07) is 0. The SMILES string of the molecule is CCc1cncn1CC(O)(P(=O)(O)O)P(=O)(O)O.[CaH2]. The molecule has 1 heterocycles. The molecule has 0 aliphatic heterocycles. The van der Waals surface area contributed by atoms with Crippen molar-refractivity contribution in [1.29, 1.82) is 0 Å². The van der Waals surface area contributed by atoms with Crippen molar-refractivity contribution in [1.82, 2.24) is 9.55 Å². The topological polar surface area (TPSA) is 153 Å². The van der Waals surface area contributed by atoms with E-state index in [1.807, 2.05) is 0 Å². The molecule has 0 unspecified atom stereocenters. The fourth-order valence-electron chi connectivity index (χ4n) is 1.37. The van der Waals surface area contributed by atoms with Crippen LogP contribution in [0.15, 0.2) is 12.5 Å². The Morgan fingerprint density at radius 3 is 2.11 bits per heavy atom. The number of imidazole rings is 1. The molecule has 9 nitrogen and oxygen atoms in total. The fraction of sp³-hybridized carbons (Fsp3) is 0.571. The van der Waals surface area contributed by atoms with E-state index in [0.717, 1.165) is 10.9 Å². The van der Waals surface area contributed by atoms with Crippen molar-refractivity contribution in [2.75, 3.05) is 0 Å². The third-order valence-corrected chi connectivity index (χ3v) is 6.19. The van der Waals surface area contributed by atoms with E-state index in [0.29, 0.717) is 12.1 Å². The molecule has 0 saturated heterocycles. The minimum atomic E-state index is -5.44. The van der Waals surface area contributed by atoms with Gasteiger partial charge >= 0.3 is 52.9 Å². The van der Waals surface area contributed by atoms with Crippen molar-refractivity contribution in [2.45, 2.75) is 25.0 Å². The maximum atomic E-state index is 11.1. The summed E-state index contributed by atoms with van der Waals surface area (Å²) in [4.78, 5) is 39.6. The van der Waals surface area contributed by atoms with Crippen molar-refractivity contribution < 1.29 is 33.8 Å². The van der Waals surface area contributed by atoms with Gasteiger partial charge in [0.15, 0.2) is 0 Å². The Hall–Kier alpha value is 0.730. The molecule has 19 heavy (non-hydrogen) atoms. The van der Waals surface area contributed by atoms with Crippen molar-refractivity contribution in [3.63, 3.8) is 0 Å². The third kappa shape index (κ3) is 4.11. The average Bonchev–Trinajstić information content (AvgIpc) is 2.61. The summed E-state index contributed by atoms with van der Waals surface area (Å²) < 4.78 is 23.4. The fourth-order valence-corrected chi connectivity index (χ4v) is 3.40. The zero-order chi connectivity index (χ0) is 14.2. The summed E-state index contributed by atoms with van der Waals surface area (Å²) >= 11 is 0. The van der Waals surface area contributed by atoms with Gasteiger partial charge in [-0.25, -0.2) is 4.98 Å². The van der Waals surface area contributed by atoms with E-state index in [1.54, 1.807) is 6.92 Å². The molecule has 0 aliphatic carbocycles. The molecule has 0 aromatic carbocycles. The molecule has 0 spiro atoms. The number of hydrogen-bond donors (Lipinski definition) is 5. The Balaban J connectivity index is 0.00000324. The van der Waals surface area contributed by atoms with Gasteiger partial charge in [-0.1, -0.05) is 6.92 Å². The number of rotatable bonds is 5. The van der Waals surface area contributed by atoms with Gasteiger partial charge in [-0.2, -0.15) is 0 Å². The number of nitrogens with zero attached hydrogens (tertiary/aromatic N) is 2. The van der Waals surface area contributed by atoms with Crippen LogP contribution in [0.2, 0.25) is 0 Å². The van der Waals surface area contributed by atoms with Crippen LogP contribution in [0, 0.1) is 0 Å². The number of aliphatic hydroxyl groups is 1. The number of hydrogen-bond acceptors (Lipinski definition) is 4. The Morgan fingerprint density at radius 1 is 1.26 bits per heavy atom. The molecule has 0 amide bonds. The van der Waals surface area contributed by atoms with Crippen LogP contribution in [0.4, 0.5) is 0 Å². The Bertz CT molecular complexity index is 499. The third-order valence-electron chi connectivity index (χ3n) is 2.48. The first-order valence-electron chi connectivity index (χ1n) is 4.85. The van der Waals surface area contributed by atoms with Crippen LogP contribution in [0.3, 0.4) is 0 Å². The molecule has 5 N–H and O–H groups in total. The summed E-state index contributed by atoms with van der Waals surface area (Å²) in [5, 5.41) is 6.25. The van der Waals surface area contributed by atoms with Crippen LogP contribution in [-0.4, -0.2) is 77.1 Å². The predicted octanol–water partition coefficient (Wildman–Crippen LogP) is -1.47. The van der Waals surface area contributed by atoms with Crippen molar-refractivity contribution in [2.24, 2.45) is 0 Å². The summed E-state index contributed by atoms with van der Waals surface area (Å²) in [5.74, 6) is 0. The van der Waals surface area contributed by atoms with Gasteiger partial charge in [-0.15, -0.1) is 0 Å². The van der Waals surface area contributed by atoms with Gasteiger partial charge in [0.25, 0.3) is 5.08 Å². The number of aromatic nitrogens is 2. The zero-order valence-corrected chi connectivity index (χ0v) is 11.2. The molecular weight excluding hydrogens is 326 g/mol. The van der Waals surface area contributed by atoms with Gasteiger partial charge in [0.1, 0.15) is 0 Å². The van der Waals surface area contributed by atoms with Crippen molar-refractivity contribution in [3.05, 3.63) is 18.2 Å². The minimum absolute atomic E-state index is 0. The van der Waals surface area contributed by atoms with Gasteiger partial charge in [-0.05, 0) is 6.42 Å². The molecule has 1 aromatic heterocycles. The van der Waals surface area contributed by atoms with E-state index in [-0.39, 0.29) is 37.7 Å². The molecule has 12 heteroatoms. The molecule has 0 radical (unpaired) electrons. The van der Waals surface area contributed by atoms with Crippen LogP contribution in [-0.2, 0) is 22.1 Å². The summed E-state index contributed by atoms with van der Waals surface area (Å²) in [6.45, 7) is 0.784.